The topological polar surface area (TPSA) is 83.0 Å². The molecule has 21 heavy (non-hydrogen) atoms. The number of halogens is 2. The molecule has 2 aromatic rings. The molecule has 8 heteroatoms. The van der Waals surface area contributed by atoms with Crippen LogP contribution < -0.4 is 5.73 Å². The SMILES string of the molecule is CCOC(=O)c1nnn(Cc2cccc(Cl)c2F)c1CN. The first kappa shape index (κ1) is 15.4. The predicted molar refractivity (Wildman–Crippen MR) is 74.4 cm³/mol. The number of carbonyl (C=O) groups excluding carboxylic acids is 1. The minimum Gasteiger partial charge on any atom is -0.461 e. The Morgan fingerprint density at radius 3 is 2.95 bits per heavy atom. The Kier molecular flexibility index (Phi) is 4.87. The van der Waals surface area contributed by atoms with Crippen LogP contribution in [0.2, 0.25) is 5.02 Å². The van der Waals surface area contributed by atoms with E-state index in [4.69, 9.17) is 22.1 Å². The summed E-state index contributed by atoms with van der Waals surface area (Å²) >= 11 is 5.73. The highest BCUT2D eigenvalue weighted by atomic mass is 35.5. The molecule has 0 saturated heterocycles. The Hall–Kier alpha value is -1.99. The summed E-state index contributed by atoms with van der Waals surface area (Å²) < 4.78 is 20.1. The molecule has 0 saturated carbocycles. The maximum atomic E-state index is 13.9. The van der Waals surface area contributed by atoms with Gasteiger partial charge in [-0.3, -0.25) is 0 Å². The van der Waals surface area contributed by atoms with Gasteiger partial charge in [-0.2, -0.15) is 0 Å². The third-order valence-corrected chi connectivity index (χ3v) is 3.14. The van der Waals surface area contributed by atoms with Crippen molar-refractivity contribution >= 4 is 17.6 Å². The minimum absolute atomic E-state index is 0.0209. The first-order valence-corrected chi connectivity index (χ1v) is 6.68. The molecule has 0 aliphatic heterocycles. The first-order valence-electron chi connectivity index (χ1n) is 6.30. The lowest BCUT2D eigenvalue weighted by atomic mass is 10.2. The van der Waals surface area contributed by atoms with Crippen molar-refractivity contribution in [3.8, 4) is 0 Å². The largest absolute Gasteiger partial charge is 0.461 e. The molecule has 0 bridgehead atoms. The van der Waals surface area contributed by atoms with E-state index in [1.54, 1.807) is 19.1 Å². The summed E-state index contributed by atoms with van der Waals surface area (Å²) in [6, 6.07) is 4.66. The van der Waals surface area contributed by atoms with Gasteiger partial charge in [0.2, 0.25) is 0 Å². The highest BCUT2D eigenvalue weighted by Crippen LogP contribution is 2.19. The lowest BCUT2D eigenvalue weighted by Crippen LogP contribution is -2.15. The van der Waals surface area contributed by atoms with E-state index in [-0.39, 0.29) is 30.4 Å². The van der Waals surface area contributed by atoms with Gasteiger partial charge in [-0.15, -0.1) is 5.10 Å². The van der Waals surface area contributed by atoms with Crippen LogP contribution in [-0.2, 0) is 17.8 Å². The number of benzene rings is 1. The lowest BCUT2D eigenvalue weighted by molar-refractivity contribution is 0.0518. The van der Waals surface area contributed by atoms with E-state index >= 15 is 0 Å². The Balaban J connectivity index is 2.33. The van der Waals surface area contributed by atoms with E-state index < -0.39 is 11.8 Å². The molecule has 0 atom stereocenters. The molecular weight excluding hydrogens is 299 g/mol. The van der Waals surface area contributed by atoms with Crippen molar-refractivity contribution in [3.63, 3.8) is 0 Å². The molecule has 112 valence electrons. The van der Waals surface area contributed by atoms with Crippen molar-refractivity contribution in [1.82, 2.24) is 15.0 Å². The van der Waals surface area contributed by atoms with Crippen molar-refractivity contribution in [2.45, 2.75) is 20.0 Å². The van der Waals surface area contributed by atoms with Gasteiger partial charge in [-0.1, -0.05) is 28.9 Å². The number of nitrogens with two attached hydrogens (primary N) is 1. The summed E-state index contributed by atoms with van der Waals surface area (Å²) in [4.78, 5) is 11.7. The maximum Gasteiger partial charge on any atom is 0.360 e. The molecule has 2 N–H and O–H groups in total. The van der Waals surface area contributed by atoms with Crippen LogP contribution in [0, 0.1) is 5.82 Å². The van der Waals surface area contributed by atoms with Crippen LogP contribution in [0.1, 0.15) is 28.7 Å². The standard InChI is InChI=1S/C13H14ClFN4O2/c1-2-21-13(20)12-10(6-16)19(18-17-12)7-8-4-3-5-9(14)11(8)15/h3-5H,2,6-7,16H2,1H3. The third-order valence-electron chi connectivity index (χ3n) is 2.85. The average Bonchev–Trinajstić information content (AvgIpc) is 2.87. The summed E-state index contributed by atoms with van der Waals surface area (Å²) in [6.45, 7) is 2.01. The zero-order chi connectivity index (χ0) is 15.4. The number of ether oxygens (including phenoxy) is 1. The zero-order valence-corrected chi connectivity index (χ0v) is 12.1. The molecular formula is C13H14ClFN4O2. The molecule has 0 aliphatic rings. The summed E-state index contributed by atoms with van der Waals surface area (Å²) in [5, 5.41) is 7.61. The van der Waals surface area contributed by atoms with Gasteiger partial charge in [-0.05, 0) is 13.0 Å². The Bertz CT molecular complexity index is 660. The number of esters is 1. The van der Waals surface area contributed by atoms with Crippen LogP contribution in [-0.4, -0.2) is 27.6 Å². The van der Waals surface area contributed by atoms with Crippen molar-refractivity contribution in [3.05, 3.63) is 46.0 Å². The monoisotopic (exact) mass is 312 g/mol. The predicted octanol–water partition coefficient (Wildman–Crippen LogP) is 1.75. The second-order valence-electron chi connectivity index (χ2n) is 4.18. The molecule has 1 heterocycles. The Morgan fingerprint density at radius 2 is 2.29 bits per heavy atom. The van der Waals surface area contributed by atoms with Crippen LogP contribution in [0.5, 0.6) is 0 Å². The van der Waals surface area contributed by atoms with Crippen LogP contribution in [0.4, 0.5) is 4.39 Å². The van der Waals surface area contributed by atoms with Gasteiger partial charge in [0.25, 0.3) is 0 Å². The number of aromatic nitrogens is 3. The van der Waals surface area contributed by atoms with Gasteiger partial charge in [0, 0.05) is 12.1 Å². The third kappa shape index (κ3) is 3.20. The fourth-order valence-corrected chi connectivity index (χ4v) is 2.05. The van der Waals surface area contributed by atoms with Crippen molar-refractivity contribution < 1.29 is 13.9 Å². The number of rotatable bonds is 5. The fourth-order valence-electron chi connectivity index (χ4n) is 1.85. The van der Waals surface area contributed by atoms with Gasteiger partial charge in [0.1, 0.15) is 5.82 Å². The molecule has 0 aliphatic carbocycles. The van der Waals surface area contributed by atoms with Crippen LogP contribution in [0.3, 0.4) is 0 Å². The summed E-state index contributed by atoms with van der Waals surface area (Å²) in [5.74, 6) is -1.13. The zero-order valence-electron chi connectivity index (χ0n) is 11.3. The molecule has 0 amide bonds. The minimum atomic E-state index is -0.601. The highest BCUT2D eigenvalue weighted by Gasteiger charge is 2.20. The van der Waals surface area contributed by atoms with E-state index in [9.17, 15) is 9.18 Å². The lowest BCUT2D eigenvalue weighted by Gasteiger charge is -2.07. The second kappa shape index (κ2) is 6.64. The van der Waals surface area contributed by atoms with Gasteiger partial charge >= 0.3 is 5.97 Å². The fraction of sp³-hybridized carbons (Fsp3) is 0.308. The number of hydrogen-bond donors (Lipinski definition) is 1. The van der Waals surface area contributed by atoms with E-state index in [0.29, 0.717) is 11.3 Å². The average molecular weight is 313 g/mol. The van der Waals surface area contributed by atoms with Gasteiger partial charge in [-0.25, -0.2) is 13.9 Å². The van der Waals surface area contributed by atoms with Crippen molar-refractivity contribution in [2.24, 2.45) is 5.73 Å². The van der Waals surface area contributed by atoms with Gasteiger partial charge in [0.05, 0.1) is 23.9 Å². The molecule has 0 unspecified atom stereocenters. The van der Waals surface area contributed by atoms with E-state index in [2.05, 4.69) is 10.3 Å². The van der Waals surface area contributed by atoms with Gasteiger partial charge < -0.3 is 10.5 Å². The quantitative estimate of drug-likeness (QED) is 0.850. The number of nitrogens with zero attached hydrogens (tertiary/aromatic N) is 3. The molecule has 1 aromatic heterocycles. The normalized spacial score (nSPS) is 10.7. The van der Waals surface area contributed by atoms with E-state index in [1.807, 2.05) is 0 Å². The van der Waals surface area contributed by atoms with Crippen LogP contribution in [0.25, 0.3) is 0 Å². The molecule has 2 rings (SSSR count). The maximum absolute atomic E-state index is 13.9. The van der Waals surface area contributed by atoms with E-state index in [0.717, 1.165) is 0 Å². The molecule has 6 nitrogen and oxygen atoms in total. The highest BCUT2D eigenvalue weighted by molar-refractivity contribution is 6.30. The molecule has 0 radical (unpaired) electrons. The first-order chi connectivity index (χ1) is 10.1. The Morgan fingerprint density at radius 1 is 1.52 bits per heavy atom. The summed E-state index contributed by atoms with van der Waals surface area (Å²) in [6.07, 6.45) is 0. The molecule has 0 spiro atoms. The molecule has 0 fully saturated rings. The molecule has 1 aromatic carbocycles. The second-order valence-corrected chi connectivity index (χ2v) is 4.59. The summed E-state index contributed by atoms with van der Waals surface area (Å²) in [5.41, 5.74) is 6.38. The van der Waals surface area contributed by atoms with Crippen molar-refractivity contribution in [2.75, 3.05) is 6.61 Å². The smallest absolute Gasteiger partial charge is 0.360 e. The van der Waals surface area contributed by atoms with Gasteiger partial charge in [0.15, 0.2) is 5.69 Å². The van der Waals surface area contributed by atoms with E-state index in [1.165, 1.54) is 10.7 Å². The number of carbonyl (C=O) groups is 1. The summed E-state index contributed by atoms with van der Waals surface area (Å²) in [7, 11) is 0. The Labute approximate surface area is 125 Å². The van der Waals surface area contributed by atoms with Crippen LogP contribution >= 0.6 is 11.6 Å². The number of hydrogen-bond acceptors (Lipinski definition) is 5. The van der Waals surface area contributed by atoms with Crippen LogP contribution in [0.15, 0.2) is 18.2 Å². The van der Waals surface area contributed by atoms with Crippen molar-refractivity contribution in [1.29, 1.82) is 0 Å².